The van der Waals surface area contributed by atoms with Gasteiger partial charge in [-0.2, -0.15) is 4.98 Å². The van der Waals surface area contributed by atoms with Crippen LogP contribution in [0.5, 0.6) is 0 Å². The van der Waals surface area contributed by atoms with E-state index in [9.17, 15) is 14.4 Å². The molecule has 4 rings (SSSR count). The zero-order valence-electron chi connectivity index (χ0n) is 16.2. The molecule has 2 saturated heterocycles. The van der Waals surface area contributed by atoms with Crippen LogP contribution >= 0.6 is 0 Å². The number of hydrogen-bond acceptors (Lipinski definition) is 4. The number of aromatic nitrogens is 2. The maximum absolute atomic E-state index is 12.9. The summed E-state index contributed by atoms with van der Waals surface area (Å²) in [6.45, 7) is 5.86. The Balaban J connectivity index is 1.47. The number of carbonyl (C=O) groups is 2. The maximum atomic E-state index is 12.9. The third-order valence-electron chi connectivity index (χ3n) is 6.34. The van der Waals surface area contributed by atoms with Crippen LogP contribution in [-0.2, 0) is 16.1 Å². The van der Waals surface area contributed by atoms with E-state index < -0.39 is 0 Å². The summed E-state index contributed by atoms with van der Waals surface area (Å²) in [5.74, 6) is 0.249. The van der Waals surface area contributed by atoms with Crippen molar-refractivity contribution in [3.8, 4) is 0 Å². The number of carbonyl (C=O) groups excluding carboxylic acids is 2. The molecule has 0 bridgehead atoms. The van der Waals surface area contributed by atoms with Crippen molar-refractivity contribution >= 4 is 11.8 Å². The van der Waals surface area contributed by atoms with Crippen LogP contribution < -0.4 is 5.69 Å². The van der Waals surface area contributed by atoms with Gasteiger partial charge < -0.3 is 9.80 Å². The number of nitrogens with zero attached hydrogens (tertiary/aromatic N) is 4. The minimum atomic E-state index is -0.365. The molecule has 0 unspecified atom stereocenters. The molecule has 2 amide bonds. The Hall–Kier alpha value is -2.18. The van der Waals surface area contributed by atoms with Gasteiger partial charge in [0.05, 0.1) is 0 Å². The molecule has 27 heavy (non-hydrogen) atoms. The molecule has 3 aliphatic rings. The fourth-order valence-electron chi connectivity index (χ4n) is 4.72. The van der Waals surface area contributed by atoms with E-state index in [4.69, 9.17) is 0 Å². The first kappa shape index (κ1) is 18.2. The highest BCUT2D eigenvalue weighted by Crippen LogP contribution is 2.42. The van der Waals surface area contributed by atoms with Gasteiger partial charge in [0.2, 0.25) is 11.8 Å². The second kappa shape index (κ2) is 6.77. The molecule has 0 radical (unpaired) electrons. The lowest BCUT2D eigenvalue weighted by atomic mass is 9.73. The Labute approximate surface area is 159 Å². The van der Waals surface area contributed by atoms with E-state index in [0.29, 0.717) is 24.7 Å². The van der Waals surface area contributed by atoms with E-state index in [1.54, 1.807) is 6.92 Å². The Morgan fingerprint density at radius 1 is 1.22 bits per heavy atom. The van der Waals surface area contributed by atoms with Gasteiger partial charge in [0.15, 0.2) is 0 Å². The molecule has 7 nitrogen and oxygen atoms in total. The lowest BCUT2D eigenvalue weighted by Gasteiger charge is -2.48. The Kier molecular flexibility index (Phi) is 4.56. The molecule has 1 spiro atoms. The highest BCUT2D eigenvalue weighted by molar-refractivity contribution is 5.78. The Morgan fingerprint density at radius 2 is 2.00 bits per heavy atom. The molecule has 2 aliphatic heterocycles. The maximum Gasteiger partial charge on any atom is 0.348 e. The van der Waals surface area contributed by atoms with Crippen LogP contribution in [0.3, 0.4) is 0 Å². The van der Waals surface area contributed by atoms with E-state index >= 15 is 0 Å². The van der Waals surface area contributed by atoms with Crippen molar-refractivity contribution in [1.29, 1.82) is 0 Å². The lowest BCUT2D eigenvalue weighted by Crippen LogP contribution is -2.56. The van der Waals surface area contributed by atoms with Gasteiger partial charge in [-0.3, -0.25) is 14.2 Å². The molecule has 1 atom stereocenters. The van der Waals surface area contributed by atoms with Crippen LogP contribution in [0.2, 0.25) is 0 Å². The highest BCUT2D eigenvalue weighted by Gasteiger charge is 2.46. The minimum Gasteiger partial charge on any atom is -0.341 e. The first-order valence-electron chi connectivity index (χ1n) is 9.99. The van der Waals surface area contributed by atoms with Gasteiger partial charge in [0.25, 0.3) is 0 Å². The molecule has 1 aromatic heterocycles. The van der Waals surface area contributed by atoms with Crippen molar-refractivity contribution in [1.82, 2.24) is 19.4 Å². The van der Waals surface area contributed by atoms with Crippen LogP contribution in [0.15, 0.2) is 10.9 Å². The van der Waals surface area contributed by atoms with Gasteiger partial charge >= 0.3 is 5.69 Å². The number of aryl methyl sites for hydroxylation is 2. The summed E-state index contributed by atoms with van der Waals surface area (Å²) >= 11 is 0. The van der Waals surface area contributed by atoms with Crippen molar-refractivity contribution in [3.63, 3.8) is 0 Å². The molecular formula is C20H28N4O3. The highest BCUT2D eigenvalue weighted by atomic mass is 16.2. The number of amides is 2. The van der Waals surface area contributed by atoms with E-state index in [-0.39, 0.29) is 29.5 Å². The lowest BCUT2D eigenvalue weighted by molar-refractivity contribution is -0.143. The zero-order chi connectivity index (χ0) is 19.2. The summed E-state index contributed by atoms with van der Waals surface area (Å²) in [7, 11) is 0. The molecule has 3 heterocycles. The summed E-state index contributed by atoms with van der Waals surface area (Å²) in [5.41, 5.74) is 1.09. The quantitative estimate of drug-likeness (QED) is 0.800. The molecule has 1 saturated carbocycles. The number of rotatable bonds is 3. The summed E-state index contributed by atoms with van der Waals surface area (Å²) in [6, 6.07) is 2.26. The van der Waals surface area contributed by atoms with Gasteiger partial charge in [-0.05, 0) is 52.0 Å². The van der Waals surface area contributed by atoms with E-state index in [1.165, 1.54) is 4.57 Å². The standard InChI is InChI=1S/C20H28N4O3/c1-14-10-15(2)23(19(27)21-14)11-18(26)22-9-3-7-20(12-22)8-6-17(25)24(13-20)16-4-5-16/h10,16H,3-9,11-13H2,1-2H3/t20-/m0/s1. The first-order valence-corrected chi connectivity index (χ1v) is 9.99. The van der Waals surface area contributed by atoms with Crippen LogP contribution in [0.25, 0.3) is 0 Å². The predicted octanol–water partition coefficient (Wildman–Crippen LogP) is 1.25. The summed E-state index contributed by atoms with van der Waals surface area (Å²) in [6.07, 6.45) is 5.72. The SMILES string of the molecule is Cc1cc(C)n(CC(=O)N2CCC[C@]3(CCC(=O)N(C4CC4)C3)C2)c(=O)n1. The number of hydrogen-bond donors (Lipinski definition) is 0. The van der Waals surface area contributed by atoms with Crippen molar-refractivity contribution in [2.75, 3.05) is 19.6 Å². The van der Waals surface area contributed by atoms with Crippen molar-refractivity contribution in [2.45, 2.75) is 65.0 Å². The van der Waals surface area contributed by atoms with E-state index in [2.05, 4.69) is 9.88 Å². The first-order chi connectivity index (χ1) is 12.9. The summed E-state index contributed by atoms with van der Waals surface area (Å²) < 4.78 is 1.46. The second-order valence-electron chi connectivity index (χ2n) is 8.58. The molecule has 1 aromatic rings. The molecule has 1 aliphatic carbocycles. The Bertz CT molecular complexity index is 829. The second-order valence-corrected chi connectivity index (χ2v) is 8.58. The topological polar surface area (TPSA) is 75.5 Å². The van der Waals surface area contributed by atoms with Gasteiger partial charge in [0.1, 0.15) is 6.54 Å². The average molecular weight is 372 g/mol. The van der Waals surface area contributed by atoms with Gasteiger partial charge in [-0.15, -0.1) is 0 Å². The summed E-state index contributed by atoms with van der Waals surface area (Å²) in [4.78, 5) is 45.3. The van der Waals surface area contributed by atoms with Crippen molar-refractivity contribution in [3.05, 3.63) is 27.9 Å². The zero-order valence-corrected chi connectivity index (χ0v) is 16.2. The number of likely N-dealkylation sites (tertiary alicyclic amines) is 2. The van der Waals surface area contributed by atoms with Crippen molar-refractivity contribution in [2.24, 2.45) is 5.41 Å². The molecule has 146 valence electrons. The molecular weight excluding hydrogens is 344 g/mol. The van der Waals surface area contributed by atoms with Gasteiger partial charge in [-0.25, -0.2) is 4.79 Å². The van der Waals surface area contributed by atoms with Crippen molar-refractivity contribution < 1.29 is 9.59 Å². The normalized spacial score (nSPS) is 25.9. The summed E-state index contributed by atoms with van der Waals surface area (Å²) in [5, 5.41) is 0. The largest absolute Gasteiger partial charge is 0.348 e. The Morgan fingerprint density at radius 3 is 2.70 bits per heavy atom. The van der Waals surface area contributed by atoms with Crippen LogP contribution in [0, 0.1) is 19.3 Å². The molecule has 0 N–H and O–H groups in total. The number of piperidine rings is 2. The minimum absolute atomic E-state index is 0.0238. The monoisotopic (exact) mass is 372 g/mol. The fourth-order valence-corrected chi connectivity index (χ4v) is 4.72. The average Bonchev–Trinajstić information content (AvgIpc) is 3.45. The van der Waals surface area contributed by atoms with Crippen LogP contribution in [-0.4, -0.2) is 56.8 Å². The third-order valence-corrected chi connectivity index (χ3v) is 6.34. The fraction of sp³-hybridized carbons (Fsp3) is 0.700. The predicted molar refractivity (Wildman–Crippen MR) is 100 cm³/mol. The van der Waals surface area contributed by atoms with E-state index in [0.717, 1.165) is 50.9 Å². The smallest absolute Gasteiger partial charge is 0.341 e. The molecule has 7 heteroatoms. The van der Waals surface area contributed by atoms with Gasteiger partial charge in [0, 0.05) is 48.9 Å². The van der Waals surface area contributed by atoms with Gasteiger partial charge in [-0.1, -0.05) is 0 Å². The van der Waals surface area contributed by atoms with Crippen LogP contribution in [0.4, 0.5) is 0 Å². The third kappa shape index (κ3) is 3.64. The van der Waals surface area contributed by atoms with Crippen LogP contribution in [0.1, 0.15) is 49.9 Å². The molecule has 3 fully saturated rings. The molecule has 0 aromatic carbocycles. The van der Waals surface area contributed by atoms with E-state index in [1.807, 2.05) is 17.9 Å².